The van der Waals surface area contributed by atoms with Crippen molar-refractivity contribution >= 4 is 23.1 Å². The van der Waals surface area contributed by atoms with Crippen LogP contribution in [0.3, 0.4) is 0 Å². The van der Waals surface area contributed by atoms with Crippen LogP contribution >= 0.6 is 11.3 Å². The van der Waals surface area contributed by atoms with Crippen LogP contribution in [0.25, 0.3) is 10.4 Å². The smallest absolute Gasteiger partial charge is 0.411 e. The average molecular weight is 464 g/mol. The first-order valence-electron chi connectivity index (χ1n) is 11.8. The molecule has 0 aliphatic carbocycles. The highest BCUT2D eigenvalue weighted by Crippen LogP contribution is 2.38. The lowest BCUT2D eigenvalue weighted by Crippen LogP contribution is -2.63. The summed E-state index contributed by atoms with van der Waals surface area (Å²) in [5.41, 5.74) is 1.91. The van der Waals surface area contributed by atoms with Gasteiger partial charge in [-0.1, -0.05) is 48.5 Å². The van der Waals surface area contributed by atoms with Crippen LogP contribution in [-0.2, 0) is 4.74 Å². The van der Waals surface area contributed by atoms with Crippen LogP contribution in [0.4, 0.5) is 10.5 Å². The molecule has 3 saturated heterocycles. The number of nitrogens with one attached hydrogen (secondary N) is 1. The van der Waals surface area contributed by atoms with Crippen LogP contribution in [-0.4, -0.2) is 50.0 Å². The quantitative estimate of drug-likeness (QED) is 0.423. The number of hydrogen-bond donors (Lipinski definition) is 1. The number of fused-ring (bicyclic) bond motifs is 3. The molecule has 3 aliphatic rings. The molecule has 5 nitrogen and oxygen atoms in total. The third kappa shape index (κ3) is 5.23. The summed E-state index contributed by atoms with van der Waals surface area (Å²) in [6.07, 6.45) is 2.06. The lowest BCUT2D eigenvalue weighted by Gasteiger charge is -2.52. The number of amides is 1. The van der Waals surface area contributed by atoms with Crippen molar-refractivity contribution in [2.45, 2.75) is 12.8 Å². The second-order valence-corrected chi connectivity index (χ2v) is 10.1. The van der Waals surface area contributed by atoms with E-state index in [4.69, 9.17) is 9.47 Å². The number of ether oxygens (including phenoxy) is 2. The number of hydrogen-bond acceptors (Lipinski definition) is 4. The maximum atomic E-state index is 12.6. The van der Waals surface area contributed by atoms with Crippen LogP contribution in [0.5, 0.6) is 5.75 Å². The predicted molar refractivity (Wildman–Crippen MR) is 133 cm³/mol. The van der Waals surface area contributed by atoms with Gasteiger partial charge in [-0.15, -0.1) is 11.3 Å². The van der Waals surface area contributed by atoms with Gasteiger partial charge in [-0.2, -0.15) is 0 Å². The molecule has 1 atom stereocenters. The first-order valence-corrected chi connectivity index (χ1v) is 12.7. The molecule has 3 aliphatic heterocycles. The van der Waals surface area contributed by atoms with E-state index in [0.29, 0.717) is 18.4 Å². The first kappa shape index (κ1) is 22.0. The third-order valence-electron chi connectivity index (χ3n) is 7.18. The first-order chi connectivity index (χ1) is 16.2. The molecule has 4 heterocycles. The molecule has 3 fully saturated rings. The third-order valence-corrected chi connectivity index (χ3v) is 8.14. The molecule has 6 heteroatoms. The zero-order valence-electron chi connectivity index (χ0n) is 18.8. The SMILES string of the molecule is O=C(Nc1ccsc1-c1ccccc1)OCC1C[N+]2(CCOc3ccccc3)CCC1CC2. The highest BCUT2D eigenvalue weighted by molar-refractivity contribution is 7.14. The fourth-order valence-corrected chi connectivity index (χ4v) is 6.22. The van der Waals surface area contributed by atoms with Gasteiger partial charge in [0.1, 0.15) is 25.5 Å². The number of piperidine rings is 3. The van der Waals surface area contributed by atoms with Crippen molar-refractivity contribution < 1.29 is 18.8 Å². The summed E-state index contributed by atoms with van der Waals surface area (Å²) in [4.78, 5) is 13.7. The summed E-state index contributed by atoms with van der Waals surface area (Å²) in [7, 11) is 0. The summed E-state index contributed by atoms with van der Waals surface area (Å²) in [6.45, 7) is 5.72. The van der Waals surface area contributed by atoms with Gasteiger partial charge in [-0.3, -0.25) is 5.32 Å². The maximum absolute atomic E-state index is 12.6. The minimum absolute atomic E-state index is 0.360. The minimum atomic E-state index is -0.360. The Balaban J connectivity index is 1.13. The van der Waals surface area contributed by atoms with E-state index in [2.05, 4.69) is 17.4 Å². The number of carbonyl (C=O) groups excluding carboxylic acids is 1. The van der Waals surface area contributed by atoms with E-state index in [1.807, 2.05) is 60.0 Å². The molecule has 2 aromatic carbocycles. The number of rotatable bonds is 8. The van der Waals surface area contributed by atoms with Crippen molar-refractivity contribution in [2.75, 3.05) is 44.7 Å². The second-order valence-electron chi connectivity index (χ2n) is 9.21. The van der Waals surface area contributed by atoms with E-state index in [0.717, 1.165) is 46.1 Å². The van der Waals surface area contributed by atoms with Crippen LogP contribution in [0, 0.1) is 11.8 Å². The van der Waals surface area contributed by atoms with Crippen LogP contribution in [0.15, 0.2) is 72.1 Å². The summed E-state index contributed by atoms with van der Waals surface area (Å²) in [5, 5.41) is 4.96. The molecule has 1 N–H and O–H groups in total. The largest absolute Gasteiger partial charge is 0.488 e. The van der Waals surface area contributed by atoms with Crippen molar-refractivity contribution in [3.63, 3.8) is 0 Å². The molecule has 3 aromatic rings. The Bertz CT molecular complexity index is 1050. The Morgan fingerprint density at radius 2 is 1.73 bits per heavy atom. The number of benzene rings is 2. The van der Waals surface area contributed by atoms with Crippen LogP contribution in [0.2, 0.25) is 0 Å². The number of anilines is 1. The number of carbonyl (C=O) groups is 1. The molecule has 1 amide bonds. The average Bonchev–Trinajstić information content (AvgIpc) is 3.32. The maximum Gasteiger partial charge on any atom is 0.411 e. The van der Waals surface area contributed by atoms with Crippen molar-refractivity contribution in [3.05, 3.63) is 72.1 Å². The van der Waals surface area contributed by atoms with Gasteiger partial charge in [-0.05, 0) is 35.1 Å². The normalized spacial score (nSPS) is 23.8. The van der Waals surface area contributed by atoms with Gasteiger partial charge < -0.3 is 14.0 Å². The van der Waals surface area contributed by atoms with E-state index in [-0.39, 0.29) is 6.09 Å². The second kappa shape index (κ2) is 9.98. The van der Waals surface area contributed by atoms with Gasteiger partial charge in [0, 0.05) is 18.8 Å². The van der Waals surface area contributed by atoms with Crippen molar-refractivity contribution in [3.8, 4) is 16.2 Å². The van der Waals surface area contributed by atoms with Gasteiger partial charge in [0.15, 0.2) is 0 Å². The Morgan fingerprint density at radius 3 is 2.48 bits per heavy atom. The lowest BCUT2D eigenvalue weighted by atomic mass is 9.77. The van der Waals surface area contributed by atoms with Crippen LogP contribution in [0.1, 0.15) is 12.8 Å². The fraction of sp³-hybridized carbons (Fsp3) is 0.370. The standard InChI is InChI=1S/C27H30N2O3S/c30-27(28-25-13-18-33-26(25)22-7-3-1-4-8-22)32-20-23-19-29(14-11-21(23)12-15-29)16-17-31-24-9-5-2-6-10-24/h1-10,13,18,21,23H,11-12,14-17,19-20H2/p+1. The van der Waals surface area contributed by atoms with E-state index >= 15 is 0 Å². The number of thiophene rings is 1. The fourth-order valence-electron chi connectivity index (χ4n) is 5.36. The Morgan fingerprint density at radius 1 is 1.00 bits per heavy atom. The van der Waals surface area contributed by atoms with Gasteiger partial charge >= 0.3 is 6.09 Å². The molecule has 33 heavy (non-hydrogen) atoms. The highest BCUT2D eigenvalue weighted by atomic mass is 32.1. The van der Waals surface area contributed by atoms with Crippen molar-refractivity contribution in [1.29, 1.82) is 0 Å². The topological polar surface area (TPSA) is 47.6 Å². The zero-order chi connectivity index (χ0) is 22.5. The number of nitrogens with zero attached hydrogens (tertiary/aromatic N) is 1. The number of quaternary nitrogens is 1. The Hall–Kier alpha value is -2.83. The molecule has 1 aromatic heterocycles. The molecular weight excluding hydrogens is 432 g/mol. The summed E-state index contributed by atoms with van der Waals surface area (Å²) >= 11 is 1.62. The van der Waals surface area contributed by atoms with E-state index in [1.54, 1.807) is 11.3 Å². The molecular formula is C27H31N2O3S+. The summed E-state index contributed by atoms with van der Waals surface area (Å²) in [5.74, 6) is 2.02. The van der Waals surface area contributed by atoms with E-state index in [1.165, 1.54) is 25.9 Å². The number of para-hydroxylation sites is 1. The molecule has 1 unspecified atom stereocenters. The van der Waals surface area contributed by atoms with Gasteiger partial charge in [0.05, 0.1) is 30.2 Å². The predicted octanol–water partition coefficient (Wildman–Crippen LogP) is 5.90. The van der Waals surface area contributed by atoms with Gasteiger partial charge in [0.2, 0.25) is 0 Å². The van der Waals surface area contributed by atoms with Crippen LogP contribution < -0.4 is 10.1 Å². The Kier molecular flexibility index (Phi) is 6.65. The molecule has 0 saturated carbocycles. The lowest BCUT2D eigenvalue weighted by molar-refractivity contribution is -0.947. The van der Waals surface area contributed by atoms with Gasteiger partial charge in [-0.25, -0.2) is 4.79 Å². The van der Waals surface area contributed by atoms with Crippen molar-refractivity contribution in [2.24, 2.45) is 11.8 Å². The van der Waals surface area contributed by atoms with E-state index < -0.39 is 0 Å². The van der Waals surface area contributed by atoms with E-state index in [9.17, 15) is 4.79 Å². The van der Waals surface area contributed by atoms with Crippen molar-refractivity contribution in [1.82, 2.24) is 0 Å². The molecule has 6 rings (SSSR count). The molecule has 172 valence electrons. The Labute approximate surface area is 199 Å². The minimum Gasteiger partial charge on any atom is -0.488 e. The van der Waals surface area contributed by atoms with Gasteiger partial charge in [0.25, 0.3) is 0 Å². The highest BCUT2D eigenvalue weighted by Gasteiger charge is 2.46. The zero-order valence-corrected chi connectivity index (χ0v) is 19.6. The monoisotopic (exact) mass is 463 g/mol. The summed E-state index contributed by atoms with van der Waals surface area (Å²) in [6, 6.07) is 22.1. The summed E-state index contributed by atoms with van der Waals surface area (Å²) < 4.78 is 12.8. The molecule has 0 spiro atoms. The molecule has 0 radical (unpaired) electrons. The molecule has 2 bridgehead atoms.